The van der Waals surface area contributed by atoms with E-state index in [0.717, 1.165) is 36.2 Å². The largest absolute Gasteiger partial charge is 0.490 e. The number of hydrogen-bond acceptors (Lipinski definition) is 6. The maximum atomic E-state index is 6.45. The average Bonchev–Trinajstić information content (AvgIpc) is 3.25. The van der Waals surface area contributed by atoms with E-state index in [1.807, 2.05) is 48.5 Å². The quantitative estimate of drug-likeness (QED) is 0.509. The molecule has 1 saturated carbocycles. The van der Waals surface area contributed by atoms with Gasteiger partial charge < -0.3 is 19.8 Å². The first-order valence-corrected chi connectivity index (χ1v) is 10.6. The van der Waals surface area contributed by atoms with Crippen molar-refractivity contribution in [3.8, 4) is 5.75 Å². The third-order valence-corrected chi connectivity index (χ3v) is 5.81. The summed E-state index contributed by atoms with van der Waals surface area (Å²) in [4.78, 5) is 13.0. The summed E-state index contributed by atoms with van der Waals surface area (Å²) in [7, 11) is 0. The standard InChI is InChI=1S/C24H25N5O2/c25-23-22-24(27-15-26-23)29(16-28-22)20-12-11-19(31-18-9-5-2-6-10-18)13-21(20)30-14-17-7-3-1-4-8-17/h1-10,15-16,19-21H,11-14H2,(H2,25,26,27)/t19-,20+,21?/m0/s1. The lowest BCUT2D eigenvalue weighted by molar-refractivity contribution is -0.0456. The Balaban J connectivity index is 1.39. The Labute approximate surface area is 180 Å². The van der Waals surface area contributed by atoms with Gasteiger partial charge in [-0.2, -0.15) is 0 Å². The number of para-hydroxylation sites is 1. The zero-order chi connectivity index (χ0) is 21.0. The average molecular weight is 415 g/mol. The topological polar surface area (TPSA) is 88.1 Å². The number of imidazole rings is 1. The van der Waals surface area contributed by atoms with Crippen molar-refractivity contribution in [1.82, 2.24) is 19.5 Å². The number of fused-ring (bicyclic) bond motifs is 1. The van der Waals surface area contributed by atoms with Crippen molar-refractivity contribution in [3.05, 3.63) is 78.9 Å². The summed E-state index contributed by atoms with van der Waals surface area (Å²) in [6.07, 6.45) is 5.94. The fourth-order valence-electron chi connectivity index (χ4n) is 4.26. The molecule has 158 valence electrons. The first kappa shape index (κ1) is 19.5. The second-order valence-electron chi connectivity index (χ2n) is 7.85. The predicted molar refractivity (Wildman–Crippen MR) is 119 cm³/mol. The number of rotatable bonds is 6. The van der Waals surface area contributed by atoms with E-state index < -0.39 is 0 Å². The molecule has 0 aliphatic heterocycles. The maximum absolute atomic E-state index is 6.45. The zero-order valence-electron chi connectivity index (χ0n) is 17.2. The van der Waals surface area contributed by atoms with Crippen molar-refractivity contribution >= 4 is 17.0 Å². The highest BCUT2D eigenvalue weighted by Crippen LogP contribution is 2.35. The van der Waals surface area contributed by atoms with Crippen LogP contribution in [0.5, 0.6) is 5.75 Å². The second kappa shape index (κ2) is 8.73. The van der Waals surface area contributed by atoms with Gasteiger partial charge >= 0.3 is 0 Å². The first-order chi connectivity index (χ1) is 15.3. The van der Waals surface area contributed by atoms with Gasteiger partial charge in [0.1, 0.15) is 23.7 Å². The predicted octanol–water partition coefficient (Wildman–Crippen LogP) is 4.17. The molecule has 1 aliphatic rings. The molecule has 0 saturated heterocycles. The number of aromatic nitrogens is 4. The summed E-state index contributed by atoms with van der Waals surface area (Å²) in [6.45, 7) is 0.545. The molecule has 2 heterocycles. The fourth-order valence-corrected chi connectivity index (χ4v) is 4.26. The van der Waals surface area contributed by atoms with Gasteiger partial charge in [-0.15, -0.1) is 0 Å². The van der Waals surface area contributed by atoms with E-state index in [4.69, 9.17) is 15.2 Å². The highest BCUT2D eigenvalue weighted by Gasteiger charge is 2.34. The van der Waals surface area contributed by atoms with E-state index in [-0.39, 0.29) is 18.2 Å². The number of hydrogen-bond donors (Lipinski definition) is 1. The highest BCUT2D eigenvalue weighted by molar-refractivity contribution is 5.81. The van der Waals surface area contributed by atoms with Gasteiger partial charge in [-0.05, 0) is 30.5 Å². The van der Waals surface area contributed by atoms with Crippen LogP contribution in [0, 0.1) is 0 Å². The van der Waals surface area contributed by atoms with Gasteiger partial charge in [0.2, 0.25) is 0 Å². The number of ether oxygens (including phenoxy) is 2. The Bertz CT molecular complexity index is 1130. The molecular formula is C24H25N5O2. The Hall–Kier alpha value is -3.45. The van der Waals surface area contributed by atoms with Crippen LogP contribution < -0.4 is 10.5 Å². The lowest BCUT2D eigenvalue weighted by Crippen LogP contribution is -2.38. The van der Waals surface area contributed by atoms with E-state index >= 15 is 0 Å². The molecule has 0 bridgehead atoms. The molecule has 0 spiro atoms. The van der Waals surface area contributed by atoms with Gasteiger partial charge in [0.15, 0.2) is 11.5 Å². The van der Waals surface area contributed by atoms with Gasteiger partial charge in [-0.25, -0.2) is 15.0 Å². The van der Waals surface area contributed by atoms with Crippen molar-refractivity contribution in [1.29, 1.82) is 0 Å². The number of benzene rings is 2. The van der Waals surface area contributed by atoms with Crippen LogP contribution in [0.3, 0.4) is 0 Å². The smallest absolute Gasteiger partial charge is 0.165 e. The van der Waals surface area contributed by atoms with E-state index in [0.29, 0.717) is 17.9 Å². The molecule has 1 fully saturated rings. The van der Waals surface area contributed by atoms with Crippen LogP contribution in [0.15, 0.2) is 73.3 Å². The molecule has 31 heavy (non-hydrogen) atoms. The van der Waals surface area contributed by atoms with Crippen LogP contribution in [-0.2, 0) is 11.3 Å². The van der Waals surface area contributed by atoms with Gasteiger partial charge in [0.05, 0.1) is 25.1 Å². The van der Waals surface area contributed by atoms with Crippen molar-refractivity contribution < 1.29 is 9.47 Å². The minimum Gasteiger partial charge on any atom is -0.490 e. The SMILES string of the molecule is Nc1ncnc2c1ncn2[C@@H]1CC[C@H](Oc2ccccc2)CC1OCc1ccccc1. The fraction of sp³-hybridized carbons (Fsp3) is 0.292. The normalized spacial score (nSPS) is 21.2. The van der Waals surface area contributed by atoms with Gasteiger partial charge in [0, 0.05) is 6.42 Å². The summed E-state index contributed by atoms with van der Waals surface area (Å²) >= 11 is 0. The number of nitrogens with two attached hydrogens (primary N) is 1. The maximum Gasteiger partial charge on any atom is 0.165 e. The van der Waals surface area contributed by atoms with Crippen LogP contribution in [0.25, 0.3) is 11.2 Å². The number of nitrogen functional groups attached to an aromatic ring is 1. The lowest BCUT2D eigenvalue weighted by Gasteiger charge is -2.36. The van der Waals surface area contributed by atoms with Crippen molar-refractivity contribution in [2.75, 3.05) is 5.73 Å². The summed E-state index contributed by atoms with van der Waals surface area (Å²) < 4.78 is 14.8. The third kappa shape index (κ3) is 4.22. The van der Waals surface area contributed by atoms with Crippen LogP contribution >= 0.6 is 0 Å². The molecule has 5 rings (SSSR count). The van der Waals surface area contributed by atoms with Crippen molar-refractivity contribution in [2.24, 2.45) is 0 Å². The highest BCUT2D eigenvalue weighted by atomic mass is 16.5. The summed E-state index contributed by atoms with van der Waals surface area (Å²) in [6, 6.07) is 20.3. The molecule has 2 N–H and O–H groups in total. The minimum atomic E-state index is -0.0451. The number of nitrogens with zero attached hydrogens (tertiary/aromatic N) is 4. The molecule has 2 aromatic carbocycles. The Morgan fingerprint density at radius 1 is 0.935 bits per heavy atom. The summed E-state index contributed by atoms with van der Waals surface area (Å²) in [5, 5.41) is 0. The molecule has 3 atom stereocenters. The van der Waals surface area contributed by atoms with E-state index in [2.05, 4.69) is 31.7 Å². The molecule has 7 nitrogen and oxygen atoms in total. The number of anilines is 1. The van der Waals surface area contributed by atoms with Crippen LogP contribution in [0.1, 0.15) is 30.9 Å². The minimum absolute atomic E-state index is 0.0451. The Morgan fingerprint density at radius 3 is 2.52 bits per heavy atom. The molecule has 1 aliphatic carbocycles. The molecule has 7 heteroatoms. The van der Waals surface area contributed by atoms with Gasteiger partial charge in [-0.1, -0.05) is 48.5 Å². The van der Waals surface area contributed by atoms with Crippen LogP contribution in [0.2, 0.25) is 0 Å². The monoisotopic (exact) mass is 415 g/mol. The Morgan fingerprint density at radius 2 is 1.71 bits per heavy atom. The van der Waals surface area contributed by atoms with Crippen LogP contribution in [0.4, 0.5) is 5.82 Å². The van der Waals surface area contributed by atoms with E-state index in [9.17, 15) is 0 Å². The summed E-state index contributed by atoms with van der Waals surface area (Å²) in [5.74, 6) is 1.29. The zero-order valence-corrected chi connectivity index (χ0v) is 17.2. The molecular weight excluding hydrogens is 390 g/mol. The molecule has 2 aromatic heterocycles. The molecule has 1 unspecified atom stereocenters. The molecule has 0 amide bonds. The lowest BCUT2D eigenvalue weighted by atomic mass is 9.89. The van der Waals surface area contributed by atoms with Crippen molar-refractivity contribution in [3.63, 3.8) is 0 Å². The van der Waals surface area contributed by atoms with Crippen molar-refractivity contribution in [2.45, 2.75) is 44.1 Å². The summed E-state index contributed by atoms with van der Waals surface area (Å²) in [5.41, 5.74) is 8.52. The Kier molecular flexibility index (Phi) is 5.50. The van der Waals surface area contributed by atoms with E-state index in [1.165, 1.54) is 6.33 Å². The molecule has 0 radical (unpaired) electrons. The second-order valence-corrected chi connectivity index (χ2v) is 7.85. The molecule has 4 aromatic rings. The van der Waals surface area contributed by atoms with Gasteiger partial charge in [-0.3, -0.25) is 0 Å². The third-order valence-electron chi connectivity index (χ3n) is 5.81. The van der Waals surface area contributed by atoms with Gasteiger partial charge in [0.25, 0.3) is 0 Å². The first-order valence-electron chi connectivity index (χ1n) is 10.6. The van der Waals surface area contributed by atoms with Crippen LogP contribution in [-0.4, -0.2) is 31.7 Å². The van der Waals surface area contributed by atoms with E-state index in [1.54, 1.807) is 6.33 Å².